The summed E-state index contributed by atoms with van der Waals surface area (Å²) in [5.74, 6) is 0. The van der Waals surface area contributed by atoms with Crippen molar-refractivity contribution >= 4 is 17.2 Å². The van der Waals surface area contributed by atoms with Gasteiger partial charge in [0.2, 0.25) is 0 Å². The van der Waals surface area contributed by atoms with Crippen LogP contribution in [0.2, 0.25) is 0 Å². The van der Waals surface area contributed by atoms with Crippen LogP contribution in [-0.2, 0) is 24.3 Å². The molecule has 28 heavy (non-hydrogen) atoms. The Labute approximate surface area is 165 Å². The molecule has 0 unspecified atom stereocenters. The quantitative estimate of drug-likeness (QED) is 0.313. The molecule has 3 aromatic carbocycles. The highest BCUT2D eigenvalue weighted by Gasteiger charge is 2.16. The van der Waals surface area contributed by atoms with Crippen LogP contribution in [0.15, 0.2) is 84.9 Å². The maximum absolute atomic E-state index is 12.0. The van der Waals surface area contributed by atoms with Gasteiger partial charge in [-0.3, -0.25) is 4.79 Å². The average molecular weight is 369 g/mol. The second-order valence-electron chi connectivity index (χ2n) is 6.86. The third-order valence-electron chi connectivity index (χ3n) is 5.02. The first-order valence-electron chi connectivity index (χ1n) is 9.57. The van der Waals surface area contributed by atoms with Crippen LogP contribution in [0, 0.1) is 0 Å². The van der Waals surface area contributed by atoms with E-state index in [1.807, 2.05) is 48.5 Å². The number of aromatic nitrogens is 1. The summed E-state index contributed by atoms with van der Waals surface area (Å²) in [6.07, 6.45) is 1.69. The second-order valence-corrected chi connectivity index (χ2v) is 6.86. The first-order chi connectivity index (χ1) is 13.9. The summed E-state index contributed by atoms with van der Waals surface area (Å²) < 4.78 is 7.99. The number of carbonyl (C=O) groups excluding carboxylic acids is 1. The molecule has 0 amide bonds. The third-order valence-corrected chi connectivity index (χ3v) is 5.02. The third kappa shape index (κ3) is 3.90. The number of hydrogen-bond acceptors (Lipinski definition) is 2. The molecule has 4 aromatic rings. The van der Waals surface area contributed by atoms with E-state index in [0.29, 0.717) is 26.2 Å². The lowest BCUT2D eigenvalue weighted by atomic mass is 10.1. The van der Waals surface area contributed by atoms with Gasteiger partial charge in [-0.25, -0.2) is 0 Å². The van der Waals surface area contributed by atoms with Crippen molar-refractivity contribution in [2.24, 2.45) is 0 Å². The molecule has 1 heterocycles. The number of carbonyl (C=O) groups is 1. The van der Waals surface area contributed by atoms with Gasteiger partial charge >= 0.3 is 0 Å². The van der Waals surface area contributed by atoms with E-state index in [1.54, 1.807) is 0 Å². The maximum atomic E-state index is 12.0. The van der Waals surface area contributed by atoms with Gasteiger partial charge < -0.3 is 9.30 Å². The molecule has 0 bridgehead atoms. The van der Waals surface area contributed by atoms with Gasteiger partial charge in [0.15, 0.2) is 6.29 Å². The summed E-state index contributed by atoms with van der Waals surface area (Å²) in [4.78, 5) is 12.0. The van der Waals surface area contributed by atoms with Crippen LogP contribution < -0.4 is 0 Å². The summed E-state index contributed by atoms with van der Waals surface area (Å²) in [6.45, 7) is 1.84. The fourth-order valence-corrected chi connectivity index (χ4v) is 3.67. The molecule has 0 atom stereocenters. The molecule has 3 nitrogen and oxygen atoms in total. The highest BCUT2D eigenvalue weighted by Crippen LogP contribution is 2.27. The number of hydrogen-bond donors (Lipinski definition) is 0. The summed E-state index contributed by atoms with van der Waals surface area (Å²) in [5.41, 5.74) is 5.23. The van der Waals surface area contributed by atoms with Crippen LogP contribution in [0.5, 0.6) is 0 Å². The standard InChI is InChI=1S/C25H23NO2/c27-18-25-23(15-16-28-19-21-11-5-2-6-12-21)22-13-7-8-14-24(22)26(25)17-20-9-3-1-4-10-20/h1-14,18H,15-17,19H2. The van der Waals surface area contributed by atoms with Crippen LogP contribution in [0.4, 0.5) is 0 Å². The highest BCUT2D eigenvalue weighted by atomic mass is 16.5. The Kier molecular flexibility index (Phi) is 5.64. The minimum atomic E-state index is 0.578. The van der Waals surface area contributed by atoms with Gasteiger partial charge in [0.1, 0.15) is 0 Å². The number of nitrogens with zero attached hydrogens (tertiary/aromatic N) is 1. The number of rotatable bonds is 8. The van der Waals surface area contributed by atoms with Crippen LogP contribution in [-0.4, -0.2) is 17.5 Å². The SMILES string of the molecule is O=Cc1c(CCOCc2ccccc2)c2ccccc2n1Cc1ccccc1. The van der Waals surface area contributed by atoms with E-state index < -0.39 is 0 Å². The van der Waals surface area contributed by atoms with E-state index in [2.05, 4.69) is 41.0 Å². The van der Waals surface area contributed by atoms with E-state index in [1.165, 1.54) is 5.56 Å². The smallest absolute Gasteiger partial charge is 0.166 e. The normalized spacial score (nSPS) is 11.0. The summed E-state index contributed by atoms with van der Waals surface area (Å²) >= 11 is 0. The minimum Gasteiger partial charge on any atom is -0.376 e. The largest absolute Gasteiger partial charge is 0.376 e. The Morgan fingerprint density at radius 3 is 2.14 bits per heavy atom. The van der Waals surface area contributed by atoms with E-state index >= 15 is 0 Å². The molecule has 0 fully saturated rings. The average Bonchev–Trinajstić information content (AvgIpc) is 3.05. The summed E-state index contributed by atoms with van der Waals surface area (Å²) in [6, 6.07) is 28.6. The van der Waals surface area contributed by atoms with Crippen molar-refractivity contribution in [1.29, 1.82) is 0 Å². The molecule has 0 saturated carbocycles. The first-order valence-corrected chi connectivity index (χ1v) is 9.57. The van der Waals surface area contributed by atoms with Crippen LogP contribution >= 0.6 is 0 Å². The van der Waals surface area contributed by atoms with Crippen molar-refractivity contribution in [3.8, 4) is 0 Å². The highest BCUT2D eigenvalue weighted by molar-refractivity contribution is 5.93. The summed E-state index contributed by atoms with van der Waals surface area (Å²) in [5, 5.41) is 1.13. The van der Waals surface area contributed by atoms with Gasteiger partial charge in [-0.1, -0.05) is 78.9 Å². The lowest BCUT2D eigenvalue weighted by Gasteiger charge is -2.09. The zero-order valence-corrected chi connectivity index (χ0v) is 15.8. The van der Waals surface area contributed by atoms with Gasteiger partial charge in [-0.2, -0.15) is 0 Å². The van der Waals surface area contributed by atoms with Crippen LogP contribution in [0.25, 0.3) is 10.9 Å². The van der Waals surface area contributed by atoms with E-state index in [4.69, 9.17) is 4.74 Å². The predicted octanol–water partition coefficient (Wildman–Crippen LogP) is 5.26. The molecule has 0 aliphatic rings. The van der Waals surface area contributed by atoms with Crippen LogP contribution in [0.3, 0.4) is 0 Å². The Hall–Kier alpha value is -3.17. The number of aldehydes is 1. The predicted molar refractivity (Wildman–Crippen MR) is 113 cm³/mol. The van der Waals surface area contributed by atoms with Crippen molar-refractivity contribution in [3.05, 3.63) is 107 Å². The molecular formula is C25H23NO2. The molecule has 0 saturated heterocycles. The fourth-order valence-electron chi connectivity index (χ4n) is 3.67. The number of para-hydroxylation sites is 1. The van der Waals surface area contributed by atoms with Crippen molar-refractivity contribution in [2.75, 3.05) is 6.61 Å². The Bertz CT molecular complexity index is 1050. The summed E-state index contributed by atoms with van der Waals surface area (Å²) in [7, 11) is 0. The van der Waals surface area contributed by atoms with Gasteiger partial charge in [0.25, 0.3) is 0 Å². The van der Waals surface area contributed by atoms with Crippen molar-refractivity contribution < 1.29 is 9.53 Å². The van der Waals surface area contributed by atoms with Gasteiger partial charge in [0.05, 0.1) is 18.9 Å². The molecule has 4 rings (SSSR count). The lowest BCUT2D eigenvalue weighted by molar-refractivity contribution is 0.111. The lowest BCUT2D eigenvalue weighted by Crippen LogP contribution is -2.06. The van der Waals surface area contributed by atoms with Gasteiger partial charge in [-0.05, 0) is 29.2 Å². The molecular weight excluding hydrogens is 346 g/mol. The van der Waals surface area contributed by atoms with Crippen molar-refractivity contribution in [1.82, 2.24) is 4.57 Å². The van der Waals surface area contributed by atoms with Crippen LogP contribution in [0.1, 0.15) is 27.2 Å². The van der Waals surface area contributed by atoms with Crippen molar-refractivity contribution in [3.63, 3.8) is 0 Å². The number of fused-ring (bicyclic) bond motifs is 1. The Morgan fingerprint density at radius 1 is 0.786 bits per heavy atom. The monoisotopic (exact) mass is 369 g/mol. The zero-order valence-electron chi connectivity index (χ0n) is 15.8. The number of ether oxygens (including phenoxy) is 1. The van der Waals surface area contributed by atoms with E-state index in [-0.39, 0.29) is 0 Å². The molecule has 0 N–H and O–H groups in total. The molecule has 0 aliphatic carbocycles. The Balaban J connectivity index is 1.58. The zero-order chi connectivity index (χ0) is 19.2. The van der Waals surface area contributed by atoms with E-state index in [0.717, 1.165) is 34.0 Å². The Morgan fingerprint density at radius 2 is 1.43 bits per heavy atom. The molecule has 3 heteroatoms. The van der Waals surface area contributed by atoms with Gasteiger partial charge in [0, 0.05) is 17.4 Å². The molecule has 0 radical (unpaired) electrons. The molecule has 0 spiro atoms. The fraction of sp³-hybridized carbons (Fsp3) is 0.160. The second kappa shape index (κ2) is 8.68. The molecule has 1 aromatic heterocycles. The molecule has 140 valence electrons. The van der Waals surface area contributed by atoms with E-state index in [9.17, 15) is 4.79 Å². The minimum absolute atomic E-state index is 0.578. The molecule has 0 aliphatic heterocycles. The van der Waals surface area contributed by atoms with Crippen molar-refractivity contribution in [2.45, 2.75) is 19.6 Å². The number of benzene rings is 3. The maximum Gasteiger partial charge on any atom is 0.166 e. The topological polar surface area (TPSA) is 31.2 Å². The first kappa shape index (κ1) is 18.2. The van der Waals surface area contributed by atoms with Gasteiger partial charge in [-0.15, -0.1) is 0 Å².